The Balaban J connectivity index is 2.02. The highest BCUT2D eigenvalue weighted by Gasteiger charge is 2.26. The molecule has 1 saturated heterocycles. The SMILES string of the molecule is O=S1(=O)CCC(N=Cc2ccccc2)C1. The van der Waals surface area contributed by atoms with E-state index in [1.165, 1.54) is 0 Å². The van der Waals surface area contributed by atoms with Gasteiger partial charge in [-0.15, -0.1) is 0 Å². The molecule has 1 fully saturated rings. The summed E-state index contributed by atoms with van der Waals surface area (Å²) in [6, 6.07) is 9.67. The van der Waals surface area contributed by atoms with Crippen molar-refractivity contribution in [3.05, 3.63) is 35.9 Å². The summed E-state index contributed by atoms with van der Waals surface area (Å²) in [5.41, 5.74) is 1.02. The van der Waals surface area contributed by atoms with Crippen LogP contribution in [0.1, 0.15) is 12.0 Å². The third-order valence-corrected chi connectivity index (χ3v) is 4.19. The zero-order chi connectivity index (χ0) is 10.7. The number of aliphatic imine (C=N–C) groups is 1. The smallest absolute Gasteiger partial charge is 0.152 e. The Labute approximate surface area is 89.8 Å². The molecule has 0 radical (unpaired) electrons. The van der Waals surface area contributed by atoms with Gasteiger partial charge in [0.05, 0.1) is 17.5 Å². The number of sulfone groups is 1. The predicted octanol–water partition coefficient (Wildman–Crippen LogP) is 1.29. The van der Waals surface area contributed by atoms with Gasteiger partial charge < -0.3 is 0 Å². The second-order valence-electron chi connectivity index (χ2n) is 3.75. The lowest BCUT2D eigenvalue weighted by molar-refractivity contribution is 0.601. The summed E-state index contributed by atoms with van der Waals surface area (Å²) in [5.74, 6) is 0.486. The van der Waals surface area contributed by atoms with Gasteiger partial charge in [-0.3, -0.25) is 4.99 Å². The second-order valence-corrected chi connectivity index (χ2v) is 5.97. The van der Waals surface area contributed by atoms with E-state index in [9.17, 15) is 8.42 Å². The van der Waals surface area contributed by atoms with Crippen LogP contribution in [0, 0.1) is 0 Å². The minimum atomic E-state index is -2.81. The van der Waals surface area contributed by atoms with E-state index in [-0.39, 0.29) is 17.5 Å². The zero-order valence-electron chi connectivity index (χ0n) is 8.33. The molecule has 0 N–H and O–H groups in total. The van der Waals surface area contributed by atoms with Gasteiger partial charge in [0.25, 0.3) is 0 Å². The van der Waals surface area contributed by atoms with Gasteiger partial charge in [-0.05, 0) is 12.0 Å². The molecule has 1 aromatic rings. The van der Waals surface area contributed by atoms with Gasteiger partial charge in [0.1, 0.15) is 0 Å². The average molecular weight is 223 g/mol. The van der Waals surface area contributed by atoms with E-state index in [4.69, 9.17) is 0 Å². The van der Waals surface area contributed by atoms with Crippen LogP contribution in [0.3, 0.4) is 0 Å². The number of hydrogen-bond donors (Lipinski definition) is 0. The Morgan fingerprint density at radius 1 is 1.27 bits per heavy atom. The molecule has 0 spiro atoms. The molecule has 1 aliphatic rings. The van der Waals surface area contributed by atoms with E-state index in [0.717, 1.165) is 5.56 Å². The van der Waals surface area contributed by atoms with E-state index in [2.05, 4.69) is 4.99 Å². The monoisotopic (exact) mass is 223 g/mol. The molecule has 1 atom stereocenters. The molecule has 3 nitrogen and oxygen atoms in total. The fourth-order valence-electron chi connectivity index (χ4n) is 1.62. The molecule has 1 aliphatic heterocycles. The van der Waals surface area contributed by atoms with Crippen molar-refractivity contribution >= 4 is 16.1 Å². The van der Waals surface area contributed by atoms with Crippen LogP contribution in [0.25, 0.3) is 0 Å². The van der Waals surface area contributed by atoms with Crippen LogP contribution in [0.4, 0.5) is 0 Å². The first-order valence-electron chi connectivity index (χ1n) is 4.94. The van der Waals surface area contributed by atoms with Crippen LogP contribution in [-0.4, -0.2) is 32.2 Å². The minimum absolute atomic E-state index is 0.0461. The highest BCUT2D eigenvalue weighted by atomic mass is 32.2. The summed E-state index contributed by atoms with van der Waals surface area (Å²) in [5, 5.41) is 0. The Hall–Kier alpha value is -1.16. The van der Waals surface area contributed by atoms with E-state index < -0.39 is 9.84 Å². The molecule has 0 amide bonds. The molecule has 1 heterocycles. The topological polar surface area (TPSA) is 46.5 Å². The van der Waals surface area contributed by atoms with E-state index in [1.54, 1.807) is 6.21 Å². The molecule has 0 bridgehead atoms. The summed E-state index contributed by atoms with van der Waals surface area (Å²) in [4.78, 5) is 4.28. The maximum absolute atomic E-state index is 11.2. The van der Waals surface area contributed by atoms with E-state index in [1.807, 2.05) is 30.3 Å². The van der Waals surface area contributed by atoms with Gasteiger partial charge in [0.2, 0.25) is 0 Å². The molecule has 80 valence electrons. The van der Waals surface area contributed by atoms with Crippen molar-refractivity contribution < 1.29 is 8.42 Å². The van der Waals surface area contributed by atoms with Gasteiger partial charge in [-0.25, -0.2) is 8.42 Å². The van der Waals surface area contributed by atoms with Crippen LogP contribution in [0.15, 0.2) is 35.3 Å². The fourth-order valence-corrected chi connectivity index (χ4v) is 3.26. The number of benzene rings is 1. The summed E-state index contributed by atoms with van der Waals surface area (Å²) in [6.45, 7) is 0. The summed E-state index contributed by atoms with van der Waals surface area (Å²) >= 11 is 0. The maximum atomic E-state index is 11.2. The van der Waals surface area contributed by atoms with Crippen molar-refractivity contribution in [3.63, 3.8) is 0 Å². The van der Waals surface area contributed by atoms with Gasteiger partial charge >= 0.3 is 0 Å². The van der Waals surface area contributed by atoms with Crippen LogP contribution >= 0.6 is 0 Å². The molecule has 0 aliphatic carbocycles. The number of rotatable bonds is 2. The first kappa shape index (κ1) is 10.4. The van der Waals surface area contributed by atoms with Crippen LogP contribution in [0.2, 0.25) is 0 Å². The molecular formula is C11H13NO2S. The molecule has 4 heteroatoms. The van der Waals surface area contributed by atoms with Gasteiger partial charge in [-0.1, -0.05) is 30.3 Å². The Morgan fingerprint density at radius 3 is 2.60 bits per heavy atom. The first-order valence-corrected chi connectivity index (χ1v) is 6.76. The summed E-state index contributed by atoms with van der Waals surface area (Å²) in [6.07, 6.45) is 2.41. The quantitative estimate of drug-likeness (QED) is 0.709. The largest absolute Gasteiger partial charge is 0.288 e. The van der Waals surface area contributed by atoms with Crippen molar-refractivity contribution in [2.75, 3.05) is 11.5 Å². The average Bonchev–Trinajstić information content (AvgIpc) is 2.57. The van der Waals surface area contributed by atoms with Crippen LogP contribution in [-0.2, 0) is 9.84 Å². The highest BCUT2D eigenvalue weighted by molar-refractivity contribution is 7.91. The fraction of sp³-hybridized carbons (Fsp3) is 0.364. The van der Waals surface area contributed by atoms with Crippen molar-refractivity contribution in [2.45, 2.75) is 12.5 Å². The van der Waals surface area contributed by atoms with Gasteiger partial charge in [0.15, 0.2) is 9.84 Å². The van der Waals surface area contributed by atoms with Crippen LogP contribution in [0.5, 0.6) is 0 Å². The Kier molecular flexibility index (Phi) is 2.86. The highest BCUT2D eigenvalue weighted by Crippen LogP contribution is 2.14. The number of nitrogens with zero attached hydrogens (tertiary/aromatic N) is 1. The molecule has 0 aromatic heterocycles. The summed E-state index contributed by atoms with van der Waals surface area (Å²) < 4.78 is 22.4. The molecule has 0 saturated carbocycles. The van der Waals surface area contributed by atoms with Crippen LogP contribution < -0.4 is 0 Å². The lowest BCUT2D eigenvalue weighted by atomic mass is 10.2. The van der Waals surface area contributed by atoms with Crippen molar-refractivity contribution in [1.82, 2.24) is 0 Å². The van der Waals surface area contributed by atoms with Gasteiger partial charge in [0, 0.05) is 6.21 Å². The second kappa shape index (κ2) is 4.14. The van der Waals surface area contributed by atoms with Crippen molar-refractivity contribution in [1.29, 1.82) is 0 Å². The molecule has 1 aromatic carbocycles. The first-order chi connectivity index (χ1) is 7.16. The Bertz CT molecular complexity index is 451. The number of hydrogen-bond acceptors (Lipinski definition) is 3. The normalized spacial score (nSPS) is 24.7. The van der Waals surface area contributed by atoms with E-state index in [0.29, 0.717) is 6.42 Å². The summed E-state index contributed by atoms with van der Waals surface area (Å²) in [7, 11) is -2.81. The van der Waals surface area contributed by atoms with Crippen molar-refractivity contribution in [3.8, 4) is 0 Å². The van der Waals surface area contributed by atoms with Crippen molar-refractivity contribution in [2.24, 2.45) is 4.99 Å². The lowest BCUT2D eigenvalue weighted by Gasteiger charge is -1.98. The molecule has 1 unspecified atom stereocenters. The molecule has 15 heavy (non-hydrogen) atoms. The third kappa shape index (κ3) is 2.89. The third-order valence-electron chi connectivity index (χ3n) is 2.44. The lowest BCUT2D eigenvalue weighted by Crippen LogP contribution is -2.07. The zero-order valence-corrected chi connectivity index (χ0v) is 9.15. The van der Waals surface area contributed by atoms with Gasteiger partial charge in [-0.2, -0.15) is 0 Å². The predicted molar refractivity (Wildman–Crippen MR) is 61.1 cm³/mol. The molecular weight excluding hydrogens is 210 g/mol. The maximum Gasteiger partial charge on any atom is 0.152 e. The Morgan fingerprint density at radius 2 is 2.00 bits per heavy atom. The molecule has 2 rings (SSSR count). The minimum Gasteiger partial charge on any atom is -0.288 e. The van der Waals surface area contributed by atoms with E-state index >= 15 is 0 Å². The standard InChI is InChI=1S/C11H13NO2S/c13-15(14)7-6-11(9-15)12-8-10-4-2-1-3-5-10/h1-5,8,11H,6-7,9H2.